The maximum absolute atomic E-state index is 12.0. The third kappa shape index (κ3) is 9.25. The van der Waals surface area contributed by atoms with Gasteiger partial charge in [0.05, 0.1) is 12.0 Å². The number of amides is 1. The number of hydrogen-bond acceptors (Lipinski definition) is 3. The summed E-state index contributed by atoms with van der Waals surface area (Å²) in [4.78, 5) is 12.0. The van der Waals surface area contributed by atoms with Crippen LogP contribution in [0.4, 0.5) is 0 Å². The monoisotopic (exact) mass is 380 g/mol. The number of nitrogens with one attached hydrogen (secondary N) is 1. The van der Waals surface area contributed by atoms with Gasteiger partial charge in [0.2, 0.25) is 5.91 Å². The molecule has 0 radical (unpaired) electrons. The Labute approximate surface area is 167 Å². The molecule has 3 nitrogen and oxygen atoms in total. The summed E-state index contributed by atoms with van der Waals surface area (Å²) in [5.74, 6) is 1.16. The molecule has 0 unspecified atom stereocenters. The molecule has 1 amide bonds. The highest BCUT2D eigenvalue weighted by atomic mass is 32.2. The second kappa shape index (κ2) is 12.9. The normalized spacial score (nSPS) is 11.7. The second-order valence-corrected chi connectivity index (χ2v) is 7.34. The quantitative estimate of drug-likeness (QED) is 0.309. The Morgan fingerprint density at radius 2 is 1.74 bits per heavy atom. The van der Waals surface area contributed by atoms with Gasteiger partial charge in [0.1, 0.15) is 0 Å². The molecular formula is C23H28N2OS. The van der Waals surface area contributed by atoms with Crippen molar-refractivity contribution in [1.82, 2.24) is 5.43 Å². The molecule has 2 aromatic rings. The van der Waals surface area contributed by atoms with E-state index in [0.29, 0.717) is 5.75 Å². The van der Waals surface area contributed by atoms with Crippen LogP contribution in [0.15, 0.2) is 71.3 Å². The highest BCUT2D eigenvalue weighted by molar-refractivity contribution is 7.99. The van der Waals surface area contributed by atoms with Gasteiger partial charge in [-0.1, -0.05) is 86.5 Å². The first kappa shape index (κ1) is 21.0. The lowest BCUT2D eigenvalue weighted by Crippen LogP contribution is -2.19. The smallest absolute Gasteiger partial charge is 0.250 e. The fourth-order valence-electron chi connectivity index (χ4n) is 2.57. The van der Waals surface area contributed by atoms with Crippen molar-refractivity contribution >= 4 is 30.0 Å². The highest BCUT2D eigenvalue weighted by Gasteiger charge is 2.01. The van der Waals surface area contributed by atoms with E-state index >= 15 is 0 Å². The number of rotatable bonds is 11. The van der Waals surface area contributed by atoms with E-state index < -0.39 is 0 Å². The second-order valence-electron chi connectivity index (χ2n) is 6.36. The number of hydrazone groups is 1. The number of benzene rings is 2. The Bertz CT molecular complexity index is 727. The minimum absolute atomic E-state index is 0.0696. The van der Waals surface area contributed by atoms with E-state index in [2.05, 4.69) is 47.8 Å². The molecule has 2 rings (SSSR count). The largest absolute Gasteiger partial charge is 0.272 e. The van der Waals surface area contributed by atoms with Crippen LogP contribution in [0.5, 0.6) is 0 Å². The number of allylic oxidation sites excluding steroid dienone is 1. The average Bonchev–Trinajstić information content (AvgIpc) is 2.69. The van der Waals surface area contributed by atoms with Gasteiger partial charge in [0.15, 0.2) is 0 Å². The Hall–Kier alpha value is -2.33. The van der Waals surface area contributed by atoms with Gasteiger partial charge in [0.25, 0.3) is 0 Å². The van der Waals surface area contributed by atoms with Crippen molar-refractivity contribution in [1.29, 1.82) is 0 Å². The lowest BCUT2D eigenvalue weighted by Gasteiger charge is -2.04. The van der Waals surface area contributed by atoms with Crippen LogP contribution in [0.2, 0.25) is 0 Å². The molecule has 4 heteroatoms. The molecule has 0 aliphatic heterocycles. The first-order valence-electron chi connectivity index (χ1n) is 9.47. The van der Waals surface area contributed by atoms with E-state index in [1.54, 1.807) is 18.0 Å². The molecule has 2 aromatic carbocycles. The van der Waals surface area contributed by atoms with Crippen LogP contribution < -0.4 is 5.43 Å². The molecule has 0 saturated carbocycles. The summed E-state index contributed by atoms with van der Waals surface area (Å²) in [6.07, 6.45) is 8.39. The van der Waals surface area contributed by atoms with Crippen molar-refractivity contribution in [2.24, 2.45) is 5.10 Å². The van der Waals surface area contributed by atoms with Crippen molar-refractivity contribution in [2.75, 3.05) is 5.75 Å². The lowest BCUT2D eigenvalue weighted by molar-refractivity contribution is -0.118. The fraction of sp³-hybridized carbons (Fsp3) is 0.304. The van der Waals surface area contributed by atoms with E-state index in [1.165, 1.54) is 18.4 Å². The first-order valence-corrected chi connectivity index (χ1v) is 10.6. The molecule has 142 valence electrons. The topological polar surface area (TPSA) is 41.5 Å². The van der Waals surface area contributed by atoms with Crippen LogP contribution in [0, 0.1) is 0 Å². The predicted molar refractivity (Wildman–Crippen MR) is 118 cm³/mol. The number of hydrogen-bond donors (Lipinski definition) is 1. The number of thioether (sulfide) groups is 1. The Morgan fingerprint density at radius 3 is 2.44 bits per heavy atom. The number of nitrogens with zero attached hydrogens (tertiary/aromatic N) is 1. The SMILES string of the molecule is CCCCCC(/C=N\NC(=O)CSCc1ccccc1)=C\c1ccccc1. The van der Waals surface area contributed by atoms with Gasteiger partial charge in [-0.15, -0.1) is 11.8 Å². The molecule has 27 heavy (non-hydrogen) atoms. The molecule has 0 bridgehead atoms. The number of carbonyl (C=O) groups excluding carboxylic acids is 1. The molecule has 0 saturated heterocycles. The zero-order chi connectivity index (χ0) is 19.2. The van der Waals surface area contributed by atoms with Crippen molar-refractivity contribution in [3.05, 3.63) is 77.4 Å². The average molecular weight is 381 g/mol. The minimum Gasteiger partial charge on any atom is -0.272 e. The van der Waals surface area contributed by atoms with E-state index in [9.17, 15) is 4.79 Å². The zero-order valence-corrected chi connectivity index (χ0v) is 16.8. The van der Waals surface area contributed by atoms with Gasteiger partial charge in [-0.2, -0.15) is 5.10 Å². The molecule has 0 atom stereocenters. The van der Waals surface area contributed by atoms with Crippen LogP contribution in [-0.4, -0.2) is 17.9 Å². The van der Waals surface area contributed by atoms with Crippen molar-refractivity contribution in [3.8, 4) is 0 Å². The molecule has 0 fully saturated rings. The van der Waals surface area contributed by atoms with Crippen LogP contribution in [0.25, 0.3) is 6.08 Å². The van der Waals surface area contributed by atoms with Crippen LogP contribution >= 0.6 is 11.8 Å². The minimum atomic E-state index is -0.0696. The van der Waals surface area contributed by atoms with E-state index in [0.717, 1.165) is 29.7 Å². The maximum Gasteiger partial charge on any atom is 0.250 e. The summed E-state index contributed by atoms with van der Waals surface area (Å²) in [5.41, 5.74) is 6.15. The summed E-state index contributed by atoms with van der Waals surface area (Å²) >= 11 is 1.59. The molecule has 0 aliphatic carbocycles. The number of unbranched alkanes of at least 4 members (excludes halogenated alkanes) is 2. The summed E-state index contributed by atoms with van der Waals surface area (Å²) in [6.45, 7) is 2.20. The maximum atomic E-state index is 12.0. The summed E-state index contributed by atoms with van der Waals surface area (Å²) in [5, 5.41) is 4.17. The van der Waals surface area contributed by atoms with Crippen LogP contribution in [-0.2, 0) is 10.5 Å². The van der Waals surface area contributed by atoms with Crippen LogP contribution in [0.1, 0.15) is 43.7 Å². The molecular weight excluding hydrogens is 352 g/mol. The Morgan fingerprint density at radius 1 is 1.04 bits per heavy atom. The number of carbonyl (C=O) groups is 1. The fourth-order valence-corrected chi connectivity index (χ4v) is 3.35. The van der Waals surface area contributed by atoms with Crippen molar-refractivity contribution in [2.45, 2.75) is 38.4 Å². The zero-order valence-electron chi connectivity index (χ0n) is 15.9. The summed E-state index contributed by atoms with van der Waals surface area (Å²) in [7, 11) is 0. The predicted octanol–water partition coefficient (Wildman–Crippen LogP) is 5.69. The van der Waals surface area contributed by atoms with E-state index in [-0.39, 0.29) is 5.91 Å². The standard InChI is InChI=1S/C23H28N2OS/c1-2-3-6-15-22(16-20-11-7-4-8-12-20)17-24-25-23(26)19-27-18-21-13-9-5-10-14-21/h4-5,7-14,16-17H,2-3,6,15,18-19H2,1H3,(H,25,26)/b22-16+,24-17-. The van der Waals surface area contributed by atoms with Gasteiger partial charge >= 0.3 is 0 Å². The van der Waals surface area contributed by atoms with Gasteiger partial charge in [-0.05, 0) is 29.5 Å². The Balaban J connectivity index is 1.81. The molecule has 1 N–H and O–H groups in total. The molecule has 0 aromatic heterocycles. The molecule has 0 heterocycles. The van der Waals surface area contributed by atoms with Crippen LogP contribution in [0.3, 0.4) is 0 Å². The van der Waals surface area contributed by atoms with E-state index in [1.807, 2.05) is 36.4 Å². The molecule has 0 aliphatic rings. The lowest BCUT2D eigenvalue weighted by atomic mass is 10.1. The van der Waals surface area contributed by atoms with Gasteiger partial charge in [-0.3, -0.25) is 4.79 Å². The highest BCUT2D eigenvalue weighted by Crippen LogP contribution is 2.13. The van der Waals surface area contributed by atoms with Crippen molar-refractivity contribution < 1.29 is 4.79 Å². The first-order chi connectivity index (χ1) is 13.3. The van der Waals surface area contributed by atoms with Crippen molar-refractivity contribution in [3.63, 3.8) is 0 Å². The van der Waals surface area contributed by atoms with E-state index in [4.69, 9.17) is 0 Å². The Kier molecular flexibility index (Phi) is 10.0. The summed E-state index contributed by atoms with van der Waals surface area (Å²) < 4.78 is 0. The molecule has 0 spiro atoms. The summed E-state index contributed by atoms with van der Waals surface area (Å²) in [6, 6.07) is 20.4. The van der Waals surface area contributed by atoms with Gasteiger partial charge < -0.3 is 0 Å². The third-order valence-corrected chi connectivity index (χ3v) is 4.99. The van der Waals surface area contributed by atoms with Gasteiger partial charge in [-0.25, -0.2) is 5.43 Å². The third-order valence-electron chi connectivity index (χ3n) is 3.98. The van der Waals surface area contributed by atoms with Gasteiger partial charge in [0, 0.05) is 5.75 Å².